The third kappa shape index (κ3) is 4.64. The summed E-state index contributed by atoms with van der Waals surface area (Å²) in [6.45, 7) is 11.7. The van der Waals surface area contributed by atoms with Gasteiger partial charge < -0.3 is 14.3 Å². The van der Waals surface area contributed by atoms with Gasteiger partial charge in [-0.15, -0.1) is 0 Å². The molecule has 5 nitrogen and oxygen atoms in total. The SMILES string of the molecule is C[C@@H]([C@@H](C=O)O[Si](C)(C)C(C)(C)C)N(C(=O)O)c1cccc(F)c1. The van der Waals surface area contributed by atoms with Crippen molar-refractivity contribution in [2.24, 2.45) is 0 Å². The molecule has 1 aromatic rings. The normalized spacial score (nSPS) is 14.8. The fourth-order valence-corrected chi connectivity index (χ4v) is 3.34. The average molecular weight is 355 g/mol. The molecule has 0 bridgehead atoms. The van der Waals surface area contributed by atoms with Crippen molar-refractivity contribution < 1.29 is 23.5 Å². The van der Waals surface area contributed by atoms with Crippen LogP contribution in [0.3, 0.4) is 0 Å². The van der Waals surface area contributed by atoms with Gasteiger partial charge in [0.05, 0.1) is 11.7 Å². The van der Waals surface area contributed by atoms with Crippen LogP contribution >= 0.6 is 0 Å². The molecule has 0 spiro atoms. The predicted molar refractivity (Wildman–Crippen MR) is 94.5 cm³/mol. The van der Waals surface area contributed by atoms with Crippen molar-refractivity contribution in [2.75, 3.05) is 4.90 Å². The van der Waals surface area contributed by atoms with E-state index < -0.39 is 32.4 Å². The van der Waals surface area contributed by atoms with Gasteiger partial charge in [0.15, 0.2) is 8.32 Å². The zero-order valence-electron chi connectivity index (χ0n) is 15.0. The Balaban J connectivity index is 3.15. The molecule has 134 valence electrons. The number of amides is 1. The maximum atomic E-state index is 13.5. The highest BCUT2D eigenvalue weighted by molar-refractivity contribution is 6.74. The molecule has 24 heavy (non-hydrogen) atoms. The first kappa shape index (κ1) is 20.3. The van der Waals surface area contributed by atoms with E-state index in [1.807, 2.05) is 33.9 Å². The van der Waals surface area contributed by atoms with Gasteiger partial charge in [-0.2, -0.15) is 0 Å². The van der Waals surface area contributed by atoms with Crippen LogP contribution in [0, 0.1) is 5.82 Å². The number of carbonyl (C=O) groups excluding carboxylic acids is 1. The van der Waals surface area contributed by atoms with E-state index in [2.05, 4.69) is 0 Å². The molecule has 0 aliphatic rings. The Morgan fingerprint density at radius 3 is 2.38 bits per heavy atom. The first-order valence-corrected chi connectivity index (χ1v) is 10.7. The smallest absolute Gasteiger partial charge is 0.412 e. The minimum atomic E-state index is -2.27. The van der Waals surface area contributed by atoms with Crippen molar-refractivity contribution in [1.82, 2.24) is 0 Å². The molecule has 0 saturated heterocycles. The standard InChI is InChI=1S/C17H26FNO4Si/c1-12(15(11-20)23-24(5,6)17(2,3)4)19(16(21)22)14-9-7-8-13(18)10-14/h7-12,15H,1-6H3,(H,21,22)/t12-,15+/m0/s1. The molecule has 1 rings (SSSR count). The zero-order valence-corrected chi connectivity index (χ0v) is 16.0. The summed E-state index contributed by atoms with van der Waals surface area (Å²) in [4.78, 5) is 24.2. The summed E-state index contributed by atoms with van der Waals surface area (Å²) in [5.74, 6) is -0.543. The maximum absolute atomic E-state index is 13.5. The van der Waals surface area contributed by atoms with Crippen LogP contribution < -0.4 is 4.90 Å². The molecule has 0 heterocycles. The van der Waals surface area contributed by atoms with Gasteiger partial charge in [-0.3, -0.25) is 4.90 Å². The molecule has 2 atom stereocenters. The molecule has 0 fully saturated rings. The first-order chi connectivity index (χ1) is 10.9. The second kappa shape index (κ2) is 7.44. The number of anilines is 1. The lowest BCUT2D eigenvalue weighted by Crippen LogP contribution is -2.53. The molecule has 7 heteroatoms. The highest BCUT2D eigenvalue weighted by Crippen LogP contribution is 2.38. The van der Waals surface area contributed by atoms with Gasteiger partial charge in [0.1, 0.15) is 18.2 Å². The molecule has 0 aliphatic carbocycles. The number of carbonyl (C=O) groups is 2. The topological polar surface area (TPSA) is 66.8 Å². The van der Waals surface area contributed by atoms with Crippen molar-refractivity contribution in [3.63, 3.8) is 0 Å². The van der Waals surface area contributed by atoms with Crippen LogP contribution in [-0.2, 0) is 9.22 Å². The van der Waals surface area contributed by atoms with E-state index in [1.54, 1.807) is 6.92 Å². The summed E-state index contributed by atoms with van der Waals surface area (Å²) in [6, 6.07) is 4.49. The van der Waals surface area contributed by atoms with Crippen LogP contribution in [0.15, 0.2) is 24.3 Å². The number of aldehydes is 1. The summed E-state index contributed by atoms with van der Waals surface area (Å²) in [5, 5.41) is 9.41. The van der Waals surface area contributed by atoms with Gasteiger partial charge in [-0.1, -0.05) is 26.8 Å². The number of carboxylic acid groups (broad SMARTS) is 1. The molecule has 1 amide bonds. The fraction of sp³-hybridized carbons (Fsp3) is 0.529. The number of benzene rings is 1. The third-order valence-electron chi connectivity index (χ3n) is 4.55. The van der Waals surface area contributed by atoms with E-state index in [1.165, 1.54) is 18.2 Å². The van der Waals surface area contributed by atoms with E-state index in [4.69, 9.17) is 4.43 Å². The third-order valence-corrected chi connectivity index (χ3v) is 9.02. The van der Waals surface area contributed by atoms with Crippen LogP contribution in [-0.4, -0.2) is 37.9 Å². The van der Waals surface area contributed by atoms with Crippen molar-refractivity contribution in [1.29, 1.82) is 0 Å². The molecular formula is C17H26FNO4Si. The van der Waals surface area contributed by atoms with Crippen molar-refractivity contribution in [2.45, 2.75) is 58.0 Å². The molecule has 0 radical (unpaired) electrons. The van der Waals surface area contributed by atoms with Crippen LogP contribution in [0.2, 0.25) is 18.1 Å². The monoisotopic (exact) mass is 355 g/mol. The lowest BCUT2D eigenvalue weighted by atomic mass is 10.1. The number of hydrogen-bond donors (Lipinski definition) is 1. The number of rotatable bonds is 6. The summed E-state index contributed by atoms with van der Waals surface area (Å²) >= 11 is 0. The van der Waals surface area contributed by atoms with Gasteiger partial charge in [0, 0.05) is 0 Å². The molecule has 0 unspecified atom stereocenters. The van der Waals surface area contributed by atoms with E-state index in [-0.39, 0.29) is 10.7 Å². The molecule has 0 aliphatic heterocycles. The average Bonchev–Trinajstić information content (AvgIpc) is 2.43. The second-order valence-electron chi connectivity index (χ2n) is 7.35. The minimum absolute atomic E-state index is 0.124. The lowest BCUT2D eigenvalue weighted by molar-refractivity contribution is -0.114. The number of hydrogen-bond acceptors (Lipinski definition) is 3. The first-order valence-electron chi connectivity index (χ1n) is 7.81. The second-order valence-corrected chi connectivity index (χ2v) is 12.1. The Bertz CT molecular complexity index is 600. The van der Waals surface area contributed by atoms with Gasteiger partial charge in [-0.05, 0) is 43.3 Å². The van der Waals surface area contributed by atoms with Gasteiger partial charge in [-0.25, -0.2) is 9.18 Å². The van der Waals surface area contributed by atoms with Crippen molar-refractivity contribution in [3.8, 4) is 0 Å². The molecule has 0 saturated carbocycles. The summed E-state index contributed by atoms with van der Waals surface area (Å²) < 4.78 is 19.5. The number of halogens is 1. The van der Waals surface area contributed by atoms with Crippen molar-refractivity contribution in [3.05, 3.63) is 30.1 Å². The lowest BCUT2D eigenvalue weighted by Gasteiger charge is -2.40. The summed E-state index contributed by atoms with van der Waals surface area (Å²) in [7, 11) is -2.27. The Morgan fingerprint density at radius 2 is 1.96 bits per heavy atom. The quantitative estimate of drug-likeness (QED) is 0.611. The fourth-order valence-electron chi connectivity index (χ4n) is 2.05. The Morgan fingerprint density at radius 1 is 1.38 bits per heavy atom. The Labute approximate surface area is 143 Å². The van der Waals surface area contributed by atoms with Crippen molar-refractivity contribution >= 4 is 26.4 Å². The molecular weight excluding hydrogens is 329 g/mol. The van der Waals surface area contributed by atoms with Gasteiger partial charge in [0.2, 0.25) is 0 Å². The summed E-state index contributed by atoms with van der Waals surface area (Å²) in [5.41, 5.74) is 0.167. The van der Waals surface area contributed by atoms with Gasteiger partial charge >= 0.3 is 6.09 Å². The van der Waals surface area contributed by atoms with E-state index in [0.717, 1.165) is 11.0 Å². The zero-order chi connectivity index (χ0) is 18.7. The largest absolute Gasteiger partial charge is 0.465 e. The van der Waals surface area contributed by atoms with E-state index in [0.29, 0.717) is 6.29 Å². The minimum Gasteiger partial charge on any atom is -0.465 e. The molecule has 1 N–H and O–H groups in total. The van der Waals surface area contributed by atoms with E-state index in [9.17, 15) is 19.1 Å². The van der Waals surface area contributed by atoms with Crippen LogP contribution in [0.5, 0.6) is 0 Å². The van der Waals surface area contributed by atoms with Crippen LogP contribution in [0.1, 0.15) is 27.7 Å². The van der Waals surface area contributed by atoms with Crippen LogP contribution in [0.4, 0.5) is 14.9 Å². The molecule has 1 aromatic carbocycles. The molecule has 0 aromatic heterocycles. The highest BCUT2D eigenvalue weighted by atomic mass is 28.4. The predicted octanol–water partition coefficient (Wildman–Crippen LogP) is 4.29. The van der Waals surface area contributed by atoms with Crippen LogP contribution in [0.25, 0.3) is 0 Å². The maximum Gasteiger partial charge on any atom is 0.412 e. The summed E-state index contributed by atoms with van der Waals surface area (Å²) in [6.07, 6.45) is -1.57. The number of nitrogens with zero attached hydrogens (tertiary/aromatic N) is 1. The van der Waals surface area contributed by atoms with E-state index >= 15 is 0 Å². The Kier molecular flexibility index (Phi) is 6.30. The Hall–Kier alpha value is -1.73. The highest BCUT2D eigenvalue weighted by Gasteiger charge is 2.41. The van der Waals surface area contributed by atoms with Gasteiger partial charge in [0.25, 0.3) is 0 Å².